The lowest BCUT2D eigenvalue weighted by molar-refractivity contribution is -0.116. The van der Waals surface area contributed by atoms with Gasteiger partial charge >= 0.3 is 0 Å². The Hall–Kier alpha value is -2.07. The van der Waals surface area contributed by atoms with Crippen molar-refractivity contribution in [3.05, 3.63) is 70.9 Å². The fraction of sp³-hybridized carbons (Fsp3) is 0.222. The maximum Gasteiger partial charge on any atom is 0.220 e. The summed E-state index contributed by atoms with van der Waals surface area (Å²) < 4.78 is 5.96. The Morgan fingerprint density at radius 2 is 2.00 bits per heavy atom. The van der Waals surface area contributed by atoms with Crippen molar-refractivity contribution in [2.45, 2.75) is 19.4 Å². The van der Waals surface area contributed by atoms with Crippen LogP contribution < -0.4 is 0 Å². The van der Waals surface area contributed by atoms with Crippen molar-refractivity contribution < 1.29 is 14.3 Å². The van der Waals surface area contributed by atoms with Crippen LogP contribution in [0.2, 0.25) is 0 Å². The maximum absolute atomic E-state index is 12.0. The van der Waals surface area contributed by atoms with E-state index in [2.05, 4.69) is 13.5 Å². The molecule has 2 heterocycles. The average Bonchev–Trinajstić information content (AvgIpc) is 2.86. The number of rotatable bonds is 2. The molecule has 1 saturated heterocycles. The van der Waals surface area contributed by atoms with Crippen molar-refractivity contribution in [1.29, 1.82) is 0 Å². The highest BCUT2D eigenvalue weighted by Crippen LogP contribution is 2.38. The Kier molecular flexibility index (Phi) is 4.03. The quantitative estimate of drug-likeness (QED) is 0.776. The van der Waals surface area contributed by atoms with E-state index < -0.39 is 0 Å². The van der Waals surface area contributed by atoms with Crippen molar-refractivity contribution in [3.8, 4) is 0 Å². The monoisotopic (exact) mass is 312 g/mol. The molecule has 112 valence electrons. The molecule has 3 nitrogen and oxygen atoms in total. The van der Waals surface area contributed by atoms with Gasteiger partial charge in [-0.3, -0.25) is 9.59 Å². The number of carbonyl (C=O) groups is 2. The summed E-state index contributed by atoms with van der Waals surface area (Å²) in [6.07, 6.45) is 3.72. The van der Waals surface area contributed by atoms with Crippen LogP contribution in [0.25, 0.3) is 0 Å². The van der Waals surface area contributed by atoms with Gasteiger partial charge in [0.05, 0.1) is 4.91 Å². The lowest BCUT2D eigenvalue weighted by atomic mass is 9.99. The van der Waals surface area contributed by atoms with Gasteiger partial charge < -0.3 is 4.74 Å². The molecule has 0 N–H and O–H groups in total. The third-order valence-corrected chi connectivity index (χ3v) is 4.75. The van der Waals surface area contributed by atoms with E-state index in [9.17, 15) is 9.59 Å². The van der Waals surface area contributed by atoms with Gasteiger partial charge in [0, 0.05) is 17.9 Å². The summed E-state index contributed by atoms with van der Waals surface area (Å²) in [4.78, 5) is 24.1. The minimum atomic E-state index is -0.142. The molecule has 4 heteroatoms. The number of hydrogen-bond acceptors (Lipinski definition) is 4. The van der Waals surface area contributed by atoms with E-state index in [0.29, 0.717) is 16.2 Å². The number of carbonyl (C=O) groups excluding carboxylic acids is 2. The van der Waals surface area contributed by atoms with E-state index in [1.807, 2.05) is 36.4 Å². The van der Waals surface area contributed by atoms with Crippen LogP contribution >= 0.6 is 11.8 Å². The second-order valence-electron chi connectivity index (χ2n) is 5.48. The van der Waals surface area contributed by atoms with Gasteiger partial charge in [0.2, 0.25) is 5.12 Å². The second-order valence-corrected chi connectivity index (χ2v) is 6.49. The van der Waals surface area contributed by atoms with E-state index in [0.717, 1.165) is 17.3 Å². The van der Waals surface area contributed by atoms with Crippen LogP contribution in [-0.2, 0) is 14.3 Å². The SMILES string of the molecule is C=C1CC(=O)/C(=C/C2=CC(C)C(c3ccccc3)O2)SC1=O. The first-order chi connectivity index (χ1) is 10.5. The van der Waals surface area contributed by atoms with Crippen molar-refractivity contribution in [3.63, 3.8) is 0 Å². The molecule has 3 rings (SSSR count). The Morgan fingerprint density at radius 3 is 2.73 bits per heavy atom. The normalized spacial score (nSPS) is 27.0. The number of hydrogen-bond donors (Lipinski definition) is 0. The fourth-order valence-electron chi connectivity index (χ4n) is 2.56. The number of thioether (sulfide) groups is 1. The van der Waals surface area contributed by atoms with Crippen LogP contribution in [0, 0.1) is 5.92 Å². The van der Waals surface area contributed by atoms with Crippen LogP contribution in [0.5, 0.6) is 0 Å². The molecule has 2 aliphatic heterocycles. The van der Waals surface area contributed by atoms with E-state index in [1.165, 1.54) is 0 Å². The van der Waals surface area contributed by atoms with Crippen molar-refractivity contribution in [2.75, 3.05) is 0 Å². The zero-order valence-corrected chi connectivity index (χ0v) is 13.1. The van der Waals surface area contributed by atoms with Crippen LogP contribution in [0.3, 0.4) is 0 Å². The smallest absolute Gasteiger partial charge is 0.220 e. The van der Waals surface area contributed by atoms with Gasteiger partial charge in [-0.25, -0.2) is 0 Å². The number of benzene rings is 1. The standard InChI is InChI=1S/C18H16O3S/c1-11-8-14(21-17(11)13-6-4-3-5-7-13)10-16-15(19)9-12(2)18(20)22-16/h3-8,10-11,17H,2,9H2,1H3/b16-10-. The Bertz CT molecular complexity index is 700. The lowest BCUT2D eigenvalue weighted by Crippen LogP contribution is -2.14. The molecule has 0 amide bonds. The zero-order valence-electron chi connectivity index (χ0n) is 12.2. The number of ketones is 1. The van der Waals surface area contributed by atoms with Gasteiger partial charge in [-0.1, -0.05) is 43.8 Å². The number of allylic oxidation sites excluding steroid dienone is 2. The summed E-state index contributed by atoms with van der Waals surface area (Å²) in [6, 6.07) is 9.98. The number of Topliss-reactive ketones (excluding diaryl/α,β-unsaturated/α-hetero) is 1. The predicted molar refractivity (Wildman–Crippen MR) is 87.0 cm³/mol. The predicted octanol–water partition coefficient (Wildman–Crippen LogP) is 3.95. The van der Waals surface area contributed by atoms with Gasteiger partial charge in [-0.15, -0.1) is 0 Å². The van der Waals surface area contributed by atoms with Gasteiger partial charge in [0.15, 0.2) is 5.78 Å². The van der Waals surface area contributed by atoms with Crippen LogP contribution in [0.15, 0.2) is 65.3 Å². The summed E-state index contributed by atoms with van der Waals surface area (Å²) >= 11 is 0.940. The minimum Gasteiger partial charge on any atom is -0.485 e. The summed E-state index contributed by atoms with van der Waals surface area (Å²) in [5, 5.41) is -0.142. The molecule has 22 heavy (non-hydrogen) atoms. The molecule has 0 aliphatic carbocycles. The molecule has 1 fully saturated rings. The molecule has 1 aromatic carbocycles. The van der Waals surface area contributed by atoms with Crippen molar-refractivity contribution in [2.24, 2.45) is 5.92 Å². The fourth-order valence-corrected chi connectivity index (χ4v) is 3.33. The minimum absolute atomic E-state index is 0.0533. The first-order valence-electron chi connectivity index (χ1n) is 7.13. The van der Waals surface area contributed by atoms with Crippen LogP contribution in [0.1, 0.15) is 25.0 Å². The summed E-state index contributed by atoms with van der Waals surface area (Å²) in [5.41, 5.74) is 1.47. The van der Waals surface area contributed by atoms with Crippen molar-refractivity contribution in [1.82, 2.24) is 0 Å². The Labute approximate surface area is 133 Å². The Morgan fingerprint density at radius 1 is 1.27 bits per heavy atom. The van der Waals surface area contributed by atoms with Gasteiger partial charge in [-0.05, 0) is 29.5 Å². The molecule has 0 saturated carbocycles. The van der Waals surface area contributed by atoms with E-state index >= 15 is 0 Å². The largest absolute Gasteiger partial charge is 0.485 e. The zero-order chi connectivity index (χ0) is 15.7. The van der Waals surface area contributed by atoms with Gasteiger partial charge in [-0.2, -0.15) is 0 Å². The first kappa shape index (κ1) is 14.9. The highest BCUT2D eigenvalue weighted by molar-refractivity contribution is 8.18. The third-order valence-electron chi connectivity index (χ3n) is 3.71. The lowest BCUT2D eigenvalue weighted by Gasteiger charge is -2.17. The average molecular weight is 312 g/mol. The summed E-state index contributed by atoms with van der Waals surface area (Å²) in [5.74, 6) is 0.788. The molecule has 2 aliphatic rings. The molecular formula is C18H16O3S. The van der Waals surface area contributed by atoms with Gasteiger partial charge in [0.1, 0.15) is 11.9 Å². The molecule has 1 aromatic rings. The van der Waals surface area contributed by atoms with Crippen LogP contribution in [-0.4, -0.2) is 10.9 Å². The maximum atomic E-state index is 12.0. The van der Waals surface area contributed by atoms with E-state index in [1.54, 1.807) is 6.08 Å². The molecule has 0 aromatic heterocycles. The van der Waals surface area contributed by atoms with E-state index in [4.69, 9.17) is 4.74 Å². The molecule has 0 spiro atoms. The van der Waals surface area contributed by atoms with Gasteiger partial charge in [0.25, 0.3) is 0 Å². The van der Waals surface area contributed by atoms with Crippen LogP contribution in [0.4, 0.5) is 0 Å². The molecule has 0 radical (unpaired) electrons. The summed E-state index contributed by atoms with van der Waals surface area (Å²) in [6.45, 7) is 5.69. The van der Waals surface area contributed by atoms with E-state index in [-0.39, 0.29) is 29.3 Å². The van der Waals surface area contributed by atoms with Crippen molar-refractivity contribution >= 4 is 22.7 Å². The third kappa shape index (κ3) is 2.92. The second kappa shape index (κ2) is 5.97. The highest BCUT2D eigenvalue weighted by atomic mass is 32.2. The Balaban J connectivity index is 1.78. The molecule has 0 bridgehead atoms. The topological polar surface area (TPSA) is 43.4 Å². The first-order valence-corrected chi connectivity index (χ1v) is 7.94. The molecule has 2 atom stereocenters. The number of ether oxygens (including phenoxy) is 1. The molecular weight excluding hydrogens is 296 g/mol. The molecule has 2 unspecified atom stereocenters. The highest BCUT2D eigenvalue weighted by Gasteiger charge is 2.29. The summed E-state index contributed by atoms with van der Waals surface area (Å²) in [7, 11) is 0.